The van der Waals surface area contributed by atoms with E-state index in [-0.39, 0.29) is 30.4 Å². The summed E-state index contributed by atoms with van der Waals surface area (Å²) in [4.78, 5) is 28.5. The van der Waals surface area contributed by atoms with Crippen molar-refractivity contribution < 1.29 is 14.3 Å². The molecule has 1 saturated heterocycles. The van der Waals surface area contributed by atoms with Gasteiger partial charge in [0, 0.05) is 43.9 Å². The molecule has 0 saturated carbocycles. The highest BCUT2D eigenvalue weighted by molar-refractivity contribution is 5.80. The summed E-state index contributed by atoms with van der Waals surface area (Å²) in [5.74, 6) is 0.125. The lowest BCUT2D eigenvalue weighted by molar-refractivity contribution is -0.143. The van der Waals surface area contributed by atoms with Crippen molar-refractivity contribution in [2.24, 2.45) is 5.92 Å². The largest absolute Gasteiger partial charge is 0.372 e. The summed E-state index contributed by atoms with van der Waals surface area (Å²) in [5.41, 5.74) is 3.02. The molecule has 7 nitrogen and oxygen atoms in total. The number of amides is 2. The van der Waals surface area contributed by atoms with Gasteiger partial charge < -0.3 is 14.5 Å². The molecular formula is C18H30N4O3. The lowest BCUT2D eigenvalue weighted by Gasteiger charge is -2.35. The van der Waals surface area contributed by atoms with Gasteiger partial charge in [0.1, 0.15) is 6.61 Å². The van der Waals surface area contributed by atoms with Crippen molar-refractivity contribution >= 4 is 11.8 Å². The molecule has 7 heteroatoms. The summed E-state index contributed by atoms with van der Waals surface area (Å²) in [7, 11) is 1.85. The van der Waals surface area contributed by atoms with E-state index >= 15 is 0 Å². The number of aromatic amines is 1. The van der Waals surface area contributed by atoms with Crippen LogP contribution in [0, 0.1) is 19.8 Å². The van der Waals surface area contributed by atoms with E-state index in [9.17, 15) is 9.59 Å². The molecule has 1 aliphatic rings. The molecule has 2 heterocycles. The van der Waals surface area contributed by atoms with Crippen LogP contribution in [-0.2, 0) is 14.3 Å². The first kappa shape index (κ1) is 19.4. The number of carbonyl (C=O) groups excluding carboxylic acids is 2. The molecule has 1 fully saturated rings. The molecule has 1 aromatic heterocycles. The lowest BCUT2D eigenvalue weighted by Crippen LogP contribution is -2.45. The van der Waals surface area contributed by atoms with Crippen molar-refractivity contribution in [2.75, 3.05) is 33.4 Å². The molecular weight excluding hydrogens is 320 g/mol. The van der Waals surface area contributed by atoms with Crippen molar-refractivity contribution in [1.82, 2.24) is 20.0 Å². The van der Waals surface area contributed by atoms with E-state index in [0.29, 0.717) is 32.5 Å². The minimum absolute atomic E-state index is 0.0131. The second-order valence-corrected chi connectivity index (χ2v) is 6.77. The van der Waals surface area contributed by atoms with Crippen molar-refractivity contribution in [3.63, 3.8) is 0 Å². The summed E-state index contributed by atoms with van der Waals surface area (Å²) in [6.45, 7) is 9.74. The average Bonchev–Trinajstić information content (AvgIpc) is 2.96. The van der Waals surface area contributed by atoms with Crippen LogP contribution in [0.15, 0.2) is 0 Å². The molecule has 0 aromatic carbocycles. The number of rotatable bonds is 6. The van der Waals surface area contributed by atoms with Crippen LogP contribution in [-0.4, -0.2) is 65.2 Å². The van der Waals surface area contributed by atoms with Crippen LogP contribution in [0.3, 0.4) is 0 Å². The number of aryl methyl sites for hydroxylation is 2. The molecule has 0 bridgehead atoms. The molecule has 0 radical (unpaired) electrons. The molecule has 2 rings (SSSR count). The first-order valence-electron chi connectivity index (χ1n) is 9.00. The molecule has 1 aliphatic heterocycles. The Morgan fingerprint density at radius 1 is 1.36 bits per heavy atom. The van der Waals surface area contributed by atoms with E-state index in [0.717, 1.165) is 17.0 Å². The quantitative estimate of drug-likeness (QED) is 0.849. The second-order valence-electron chi connectivity index (χ2n) is 6.77. The van der Waals surface area contributed by atoms with Gasteiger partial charge in [-0.05, 0) is 40.5 Å². The van der Waals surface area contributed by atoms with Gasteiger partial charge in [0.05, 0.1) is 11.7 Å². The van der Waals surface area contributed by atoms with Crippen LogP contribution >= 0.6 is 0 Å². The molecule has 1 atom stereocenters. The third-order valence-corrected chi connectivity index (χ3v) is 5.16. The van der Waals surface area contributed by atoms with Gasteiger partial charge in [-0.3, -0.25) is 14.7 Å². The van der Waals surface area contributed by atoms with Crippen LogP contribution in [0.5, 0.6) is 0 Å². The predicted molar refractivity (Wildman–Crippen MR) is 95.0 cm³/mol. The standard InChI is InChI=1S/C18H30N4O3/c1-6-25-11-16(23)22-9-7-15(8-10-22)18(24)21(5)14(4)17-12(2)19-20-13(17)3/h14-15H,6-11H2,1-5H3,(H,19,20)/t14-/m0/s1. The maximum atomic E-state index is 12.9. The highest BCUT2D eigenvalue weighted by atomic mass is 16.5. The zero-order valence-electron chi connectivity index (χ0n) is 16.0. The predicted octanol–water partition coefficient (Wildman–Crippen LogP) is 1.82. The number of ether oxygens (including phenoxy) is 1. The number of nitrogens with one attached hydrogen (secondary N) is 1. The van der Waals surface area contributed by atoms with Crippen LogP contribution in [0.25, 0.3) is 0 Å². The number of hydrogen-bond acceptors (Lipinski definition) is 4. The van der Waals surface area contributed by atoms with E-state index in [4.69, 9.17) is 4.74 Å². The van der Waals surface area contributed by atoms with Crippen LogP contribution in [0.2, 0.25) is 0 Å². The fourth-order valence-electron chi connectivity index (χ4n) is 3.50. The maximum Gasteiger partial charge on any atom is 0.248 e. The maximum absolute atomic E-state index is 12.9. The number of carbonyl (C=O) groups is 2. The van der Waals surface area contributed by atoms with Crippen LogP contribution in [0.1, 0.15) is 49.7 Å². The number of aromatic nitrogens is 2. The Labute approximate surface area is 149 Å². The Kier molecular flexibility index (Phi) is 6.58. The van der Waals surface area contributed by atoms with Gasteiger partial charge in [-0.15, -0.1) is 0 Å². The normalized spacial score (nSPS) is 16.8. The summed E-state index contributed by atoms with van der Waals surface area (Å²) >= 11 is 0. The number of piperidine rings is 1. The Balaban J connectivity index is 1.92. The third kappa shape index (κ3) is 4.39. The van der Waals surface area contributed by atoms with E-state index in [1.807, 2.05) is 39.6 Å². The zero-order chi connectivity index (χ0) is 18.6. The zero-order valence-corrected chi connectivity index (χ0v) is 16.0. The Morgan fingerprint density at radius 3 is 2.52 bits per heavy atom. The monoisotopic (exact) mass is 350 g/mol. The number of nitrogens with zero attached hydrogens (tertiary/aromatic N) is 3. The molecule has 1 N–H and O–H groups in total. The number of H-pyrrole nitrogens is 1. The number of hydrogen-bond donors (Lipinski definition) is 1. The Bertz CT molecular complexity index is 586. The highest BCUT2D eigenvalue weighted by Gasteiger charge is 2.31. The number of likely N-dealkylation sites (tertiary alicyclic amines) is 1. The van der Waals surface area contributed by atoms with E-state index in [1.165, 1.54) is 0 Å². The molecule has 0 aliphatic carbocycles. The summed E-state index contributed by atoms with van der Waals surface area (Å²) < 4.78 is 5.18. The first-order chi connectivity index (χ1) is 11.9. The minimum atomic E-state index is -0.0314. The van der Waals surface area contributed by atoms with E-state index < -0.39 is 0 Å². The second kappa shape index (κ2) is 8.47. The molecule has 0 spiro atoms. The van der Waals surface area contributed by atoms with Crippen molar-refractivity contribution in [3.05, 3.63) is 17.0 Å². The van der Waals surface area contributed by atoms with Gasteiger partial charge in [-0.2, -0.15) is 5.10 Å². The summed E-state index contributed by atoms with van der Waals surface area (Å²) in [5, 5.41) is 7.21. The van der Waals surface area contributed by atoms with Gasteiger partial charge in [0.2, 0.25) is 11.8 Å². The molecule has 2 amide bonds. The minimum Gasteiger partial charge on any atom is -0.372 e. The van der Waals surface area contributed by atoms with Gasteiger partial charge >= 0.3 is 0 Å². The van der Waals surface area contributed by atoms with Gasteiger partial charge in [0.15, 0.2) is 0 Å². The SMILES string of the molecule is CCOCC(=O)N1CCC(C(=O)N(C)[C@@H](C)c2c(C)n[nH]c2C)CC1. The van der Waals surface area contributed by atoms with Crippen molar-refractivity contribution in [3.8, 4) is 0 Å². The van der Waals surface area contributed by atoms with Crippen molar-refractivity contribution in [1.29, 1.82) is 0 Å². The topological polar surface area (TPSA) is 78.5 Å². The van der Waals surface area contributed by atoms with E-state index in [2.05, 4.69) is 10.2 Å². The Hall–Kier alpha value is -1.89. The third-order valence-electron chi connectivity index (χ3n) is 5.16. The van der Waals surface area contributed by atoms with Gasteiger partial charge in [-0.25, -0.2) is 0 Å². The summed E-state index contributed by atoms with van der Waals surface area (Å²) in [6, 6.07) is -0.0242. The molecule has 140 valence electrons. The summed E-state index contributed by atoms with van der Waals surface area (Å²) in [6.07, 6.45) is 1.41. The first-order valence-corrected chi connectivity index (χ1v) is 9.00. The highest BCUT2D eigenvalue weighted by Crippen LogP contribution is 2.27. The van der Waals surface area contributed by atoms with Gasteiger partial charge in [-0.1, -0.05) is 0 Å². The average molecular weight is 350 g/mol. The molecule has 25 heavy (non-hydrogen) atoms. The lowest BCUT2D eigenvalue weighted by atomic mass is 9.94. The molecule has 1 aromatic rings. The smallest absolute Gasteiger partial charge is 0.248 e. The van der Waals surface area contributed by atoms with Gasteiger partial charge in [0.25, 0.3) is 0 Å². The fraction of sp³-hybridized carbons (Fsp3) is 0.722. The molecule has 0 unspecified atom stereocenters. The Morgan fingerprint density at radius 2 is 2.00 bits per heavy atom. The van der Waals surface area contributed by atoms with E-state index in [1.54, 1.807) is 4.90 Å². The fourth-order valence-corrected chi connectivity index (χ4v) is 3.50. The van der Waals surface area contributed by atoms with Crippen LogP contribution in [0.4, 0.5) is 0 Å². The van der Waals surface area contributed by atoms with Crippen molar-refractivity contribution in [2.45, 2.75) is 46.6 Å². The van der Waals surface area contributed by atoms with Crippen LogP contribution < -0.4 is 0 Å².